The summed E-state index contributed by atoms with van der Waals surface area (Å²) in [7, 11) is 0. The number of carboxylic acid groups (broad SMARTS) is 1. The molecule has 0 saturated heterocycles. The first-order valence-electron chi connectivity index (χ1n) is 5.27. The molecule has 0 atom stereocenters. The summed E-state index contributed by atoms with van der Waals surface area (Å²) in [6.45, 7) is 3.93. The Morgan fingerprint density at radius 2 is 2.18 bits per heavy atom. The van der Waals surface area contributed by atoms with E-state index in [0.29, 0.717) is 22.0 Å². The van der Waals surface area contributed by atoms with Crippen molar-refractivity contribution in [3.8, 4) is 10.0 Å². The summed E-state index contributed by atoms with van der Waals surface area (Å²) >= 11 is 2.71. The molecular weight excluding hydrogens is 256 g/mol. The largest absolute Gasteiger partial charge is 0.477 e. The summed E-state index contributed by atoms with van der Waals surface area (Å²) in [5.41, 5.74) is 1.61. The molecule has 0 aliphatic rings. The number of hydrogen-bond donors (Lipinski definition) is 1. The van der Waals surface area contributed by atoms with Crippen LogP contribution in [0.25, 0.3) is 10.0 Å². The second-order valence-corrected chi connectivity index (χ2v) is 5.50. The average molecular weight is 268 g/mol. The Morgan fingerprint density at radius 1 is 1.41 bits per heavy atom. The van der Waals surface area contributed by atoms with Gasteiger partial charge in [-0.05, 0) is 13.3 Å². The van der Waals surface area contributed by atoms with Crippen molar-refractivity contribution in [3.05, 3.63) is 21.6 Å². The number of aryl methyl sites for hydroxylation is 2. The molecule has 0 bridgehead atoms. The molecule has 1 N–H and O–H groups in total. The van der Waals surface area contributed by atoms with E-state index >= 15 is 0 Å². The van der Waals surface area contributed by atoms with Gasteiger partial charge < -0.3 is 5.11 Å². The van der Waals surface area contributed by atoms with Gasteiger partial charge in [-0.3, -0.25) is 0 Å². The monoisotopic (exact) mass is 268 g/mol. The molecule has 0 fully saturated rings. The van der Waals surface area contributed by atoms with Crippen LogP contribution in [-0.2, 0) is 6.42 Å². The third-order valence-corrected chi connectivity index (χ3v) is 4.37. The zero-order chi connectivity index (χ0) is 12.4. The molecule has 90 valence electrons. The number of carbonyl (C=O) groups is 1. The van der Waals surface area contributed by atoms with Gasteiger partial charge in [-0.25, -0.2) is 14.8 Å². The molecule has 0 amide bonds. The number of thiazole rings is 2. The standard InChI is InChI=1S/C11H12N2O2S2/c1-3-4-7-8(11(14)15)17-10(13-7)9-12-6(2)5-16-9/h5H,3-4H2,1-2H3,(H,14,15). The third-order valence-electron chi connectivity index (χ3n) is 2.18. The molecule has 2 heterocycles. The van der Waals surface area contributed by atoms with Crippen LogP contribution in [-0.4, -0.2) is 21.0 Å². The fourth-order valence-corrected chi connectivity index (χ4v) is 3.25. The van der Waals surface area contributed by atoms with Gasteiger partial charge in [-0.15, -0.1) is 22.7 Å². The molecule has 0 aliphatic heterocycles. The molecule has 2 rings (SSSR count). The molecule has 0 aliphatic carbocycles. The van der Waals surface area contributed by atoms with Crippen molar-refractivity contribution in [2.75, 3.05) is 0 Å². The van der Waals surface area contributed by atoms with Gasteiger partial charge in [0.1, 0.15) is 4.88 Å². The minimum Gasteiger partial charge on any atom is -0.477 e. The Bertz CT molecular complexity index is 545. The van der Waals surface area contributed by atoms with E-state index in [2.05, 4.69) is 9.97 Å². The normalized spacial score (nSPS) is 10.7. The third kappa shape index (κ3) is 2.53. The molecule has 6 heteroatoms. The summed E-state index contributed by atoms with van der Waals surface area (Å²) in [5, 5.41) is 12.6. The van der Waals surface area contributed by atoms with Gasteiger partial charge in [-0.2, -0.15) is 0 Å². The molecule has 4 nitrogen and oxygen atoms in total. The predicted octanol–water partition coefficient (Wildman–Crippen LogP) is 3.23. The quantitative estimate of drug-likeness (QED) is 0.924. The topological polar surface area (TPSA) is 63.1 Å². The summed E-state index contributed by atoms with van der Waals surface area (Å²) in [6.07, 6.45) is 1.59. The Morgan fingerprint density at radius 3 is 2.71 bits per heavy atom. The van der Waals surface area contributed by atoms with Crippen LogP contribution in [0.15, 0.2) is 5.38 Å². The highest BCUT2D eigenvalue weighted by molar-refractivity contribution is 7.21. The maximum atomic E-state index is 11.1. The lowest BCUT2D eigenvalue weighted by Gasteiger charge is -1.92. The van der Waals surface area contributed by atoms with E-state index in [4.69, 9.17) is 5.11 Å². The van der Waals surface area contributed by atoms with E-state index < -0.39 is 5.97 Å². The molecular formula is C11H12N2O2S2. The molecule has 0 unspecified atom stereocenters. The first kappa shape index (κ1) is 12.2. The second kappa shape index (κ2) is 4.93. The van der Waals surface area contributed by atoms with E-state index in [0.717, 1.165) is 17.1 Å². The van der Waals surface area contributed by atoms with Gasteiger partial charge in [-0.1, -0.05) is 13.3 Å². The zero-order valence-electron chi connectivity index (χ0n) is 9.56. The van der Waals surface area contributed by atoms with Crippen LogP contribution in [0, 0.1) is 6.92 Å². The van der Waals surface area contributed by atoms with Gasteiger partial charge in [0.05, 0.1) is 5.69 Å². The highest BCUT2D eigenvalue weighted by Crippen LogP contribution is 2.30. The number of aromatic nitrogens is 2. The van der Waals surface area contributed by atoms with Gasteiger partial charge in [0, 0.05) is 11.1 Å². The van der Waals surface area contributed by atoms with Crippen LogP contribution in [0.4, 0.5) is 0 Å². The van der Waals surface area contributed by atoms with Crippen molar-refractivity contribution >= 4 is 28.6 Å². The maximum Gasteiger partial charge on any atom is 0.347 e. The minimum atomic E-state index is -0.898. The van der Waals surface area contributed by atoms with Gasteiger partial charge >= 0.3 is 5.97 Å². The van der Waals surface area contributed by atoms with Crippen molar-refractivity contribution in [1.29, 1.82) is 0 Å². The molecule has 0 aromatic carbocycles. The highest BCUT2D eigenvalue weighted by atomic mass is 32.1. The Labute approximate surface area is 107 Å². The number of hydrogen-bond acceptors (Lipinski definition) is 5. The molecule has 0 spiro atoms. The number of rotatable bonds is 4. The number of carboxylic acids is 1. The summed E-state index contributed by atoms with van der Waals surface area (Å²) < 4.78 is 0. The van der Waals surface area contributed by atoms with Crippen LogP contribution in [0.2, 0.25) is 0 Å². The maximum absolute atomic E-state index is 11.1. The lowest BCUT2D eigenvalue weighted by molar-refractivity contribution is 0.0700. The highest BCUT2D eigenvalue weighted by Gasteiger charge is 2.18. The fourth-order valence-electron chi connectivity index (χ4n) is 1.47. The predicted molar refractivity (Wildman–Crippen MR) is 68.9 cm³/mol. The minimum absolute atomic E-state index is 0.342. The Balaban J connectivity index is 2.43. The smallest absolute Gasteiger partial charge is 0.347 e. The second-order valence-electron chi connectivity index (χ2n) is 3.64. The lowest BCUT2D eigenvalue weighted by atomic mass is 10.2. The zero-order valence-corrected chi connectivity index (χ0v) is 11.2. The van der Waals surface area contributed by atoms with Crippen LogP contribution in [0.1, 0.15) is 34.4 Å². The van der Waals surface area contributed by atoms with E-state index in [9.17, 15) is 4.79 Å². The van der Waals surface area contributed by atoms with Gasteiger partial charge in [0.2, 0.25) is 0 Å². The molecule has 2 aromatic rings. The summed E-state index contributed by atoms with van der Waals surface area (Å²) in [4.78, 5) is 20.2. The van der Waals surface area contributed by atoms with E-state index in [1.54, 1.807) is 0 Å². The SMILES string of the molecule is CCCc1nc(-c2nc(C)cs2)sc1C(=O)O. The van der Waals surface area contributed by atoms with Crippen molar-refractivity contribution in [2.45, 2.75) is 26.7 Å². The molecule has 0 saturated carbocycles. The van der Waals surface area contributed by atoms with E-state index in [1.807, 2.05) is 19.2 Å². The van der Waals surface area contributed by atoms with Crippen LogP contribution < -0.4 is 0 Å². The van der Waals surface area contributed by atoms with E-state index in [1.165, 1.54) is 22.7 Å². The van der Waals surface area contributed by atoms with Crippen molar-refractivity contribution in [1.82, 2.24) is 9.97 Å². The Kier molecular flexibility index (Phi) is 3.54. The first-order valence-corrected chi connectivity index (χ1v) is 6.97. The number of nitrogens with zero attached hydrogens (tertiary/aromatic N) is 2. The molecule has 17 heavy (non-hydrogen) atoms. The first-order chi connectivity index (χ1) is 8.11. The van der Waals surface area contributed by atoms with Crippen molar-refractivity contribution in [2.24, 2.45) is 0 Å². The van der Waals surface area contributed by atoms with Gasteiger partial charge in [0.25, 0.3) is 0 Å². The van der Waals surface area contributed by atoms with Gasteiger partial charge in [0.15, 0.2) is 10.0 Å². The van der Waals surface area contributed by atoms with Crippen LogP contribution in [0.5, 0.6) is 0 Å². The van der Waals surface area contributed by atoms with E-state index in [-0.39, 0.29) is 0 Å². The summed E-state index contributed by atoms with van der Waals surface area (Å²) in [6, 6.07) is 0. The lowest BCUT2D eigenvalue weighted by Crippen LogP contribution is -1.98. The molecule has 2 aromatic heterocycles. The van der Waals surface area contributed by atoms with Crippen LogP contribution in [0.3, 0.4) is 0 Å². The average Bonchev–Trinajstić information content (AvgIpc) is 2.85. The summed E-state index contributed by atoms with van der Waals surface area (Å²) in [5.74, 6) is -0.898. The number of aromatic carboxylic acids is 1. The Hall–Kier alpha value is -1.27. The van der Waals surface area contributed by atoms with Crippen LogP contribution >= 0.6 is 22.7 Å². The fraction of sp³-hybridized carbons (Fsp3) is 0.364. The van der Waals surface area contributed by atoms with Crippen molar-refractivity contribution in [3.63, 3.8) is 0 Å². The molecule has 0 radical (unpaired) electrons. The van der Waals surface area contributed by atoms with Crippen molar-refractivity contribution < 1.29 is 9.90 Å².